The van der Waals surface area contributed by atoms with Crippen molar-refractivity contribution in [2.24, 2.45) is 11.8 Å². The van der Waals surface area contributed by atoms with Crippen LogP contribution in [0.4, 0.5) is 4.79 Å². The number of alkyl halides is 1. The number of amides is 3. The highest BCUT2D eigenvalue weighted by Gasteiger charge is 2.45. The van der Waals surface area contributed by atoms with E-state index >= 15 is 0 Å². The lowest BCUT2D eigenvalue weighted by atomic mass is 9.96. The van der Waals surface area contributed by atoms with Crippen LogP contribution < -0.4 is 10.6 Å². The minimum atomic E-state index is -0.447. The van der Waals surface area contributed by atoms with Crippen LogP contribution in [-0.2, 0) is 4.79 Å². The molecule has 0 radical (unpaired) electrons. The number of carbonyl (C=O) groups excluding carboxylic acids is 2. The van der Waals surface area contributed by atoms with E-state index in [1.54, 1.807) is 0 Å². The average molecular weight is 231 g/mol. The largest absolute Gasteiger partial charge is 0.335 e. The van der Waals surface area contributed by atoms with E-state index in [1.165, 1.54) is 19.3 Å². The molecule has 3 unspecified atom stereocenters. The van der Waals surface area contributed by atoms with Gasteiger partial charge in [-0.3, -0.25) is 10.1 Å². The third-order valence-electron chi connectivity index (χ3n) is 3.27. The summed E-state index contributed by atoms with van der Waals surface area (Å²) in [5.74, 6) is 0.838. The van der Waals surface area contributed by atoms with Crippen molar-refractivity contribution in [1.82, 2.24) is 10.6 Å². The van der Waals surface area contributed by atoms with Crippen molar-refractivity contribution in [1.29, 1.82) is 0 Å². The Kier molecular flexibility index (Phi) is 3.14. The molecular formula is C10H15ClN2O2. The van der Waals surface area contributed by atoms with Gasteiger partial charge >= 0.3 is 6.03 Å². The number of hydrogen-bond acceptors (Lipinski definition) is 2. The fourth-order valence-electron chi connectivity index (χ4n) is 2.45. The normalized spacial score (nSPS) is 32.7. The van der Waals surface area contributed by atoms with Crippen LogP contribution in [0.2, 0.25) is 0 Å². The highest BCUT2D eigenvalue weighted by atomic mass is 35.5. The van der Waals surface area contributed by atoms with Crippen LogP contribution in [0.3, 0.4) is 0 Å². The van der Waals surface area contributed by atoms with E-state index < -0.39 is 11.9 Å². The summed E-state index contributed by atoms with van der Waals surface area (Å²) in [6.45, 7) is 0. The predicted octanol–water partition coefficient (Wildman–Crippen LogP) is 1.24. The van der Waals surface area contributed by atoms with Crippen molar-refractivity contribution < 1.29 is 9.59 Å². The maximum absolute atomic E-state index is 11.3. The van der Waals surface area contributed by atoms with Gasteiger partial charge in [-0.15, -0.1) is 11.6 Å². The highest BCUT2D eigenvalue weighted by molar-refractivity contribution is 6.28. The van der Waals surface area contributed by atoms with E-state index in [2.05, 4.69) is 10.6 Å². The first kappa shape index (κ1) is 10.7. The summed E-state index contributed by atoms with van der Waals surface area (Å²) in [7, 11) is 0. The second kappa shape index (κ2) is 4.39. The fourth-order valence-corrected chi connectivity index (χ4v) is 2.52. The number of urea groups is 1. The molecule has 2 aliphatic carbocycles. The monoisotopic (exact) mass is 230 g/mol. The molecule has 2 aliphatic rings. The summed E-state index contributed by atoms with van der Waals surface area (Å²) in [5, 5.41) is 5.04. The van der Waals surface area contributed by atoms with Crippen molar-refractivity contribution in [2.75, 3.05) is 5.88 Å². The van der Waals surface area contributed by atoms with Gasteiger partial charge in [0.1, 0.15) is 5.88 Å². The Morgan fingerprint density at radius 2 is 2.13 bits per heavy atom. The number of nitrogens with one attached hydrogen (secondary N) is 2. The van der Waals surface area contributed by atoms with Gasteiger partial charge < -0.3 is 5.32 Å². The van der Waals surface area contributed by atoms with Crippen LogP contribution in [0.5, 0.6) is 0 Å². The molecule has 0 bridgehead atoms. The molecule has 0 aromatic heterocycles. The topological polar surface area (TPSA) is 58.2 Å². The Hall–Kier alpha value is -0.770. The van der Waals surface area contributed by atoms with Crippen molar-refractivity contribution >= 4 is 23.5 Å². The van der Waals surface area contributed by atoms with Gasteiger partial charge in [-0.1, -0.05) is 12.8 Å². The summed E-state index contributed by atoms with van der Waals surface area (Å²) < 4.78 is 0. The van der Waals surface area contributed by atoms with E-state index in [0.29, 0.717) is 5.92 Å². The van der Waals surface area contributed by atoms with Gasteiger partial charge in [0.25, 0.3) is 0 Å². The molecule has 5 heteroatoms. The van der Waals surface area contributed by atoms with Gasteiger partial charge in [0, 0.05) is 6.04 Å². The maximum Gasteiger partial charge on any atom is 0.321 e. The maximum atomic E-state index is 11.3. The van der Waals surface area contributed by atoms with Crippen molar-refractivity contribution in [3.05, 3.63) is 0 Å². The molecule has 0 saturated heterocycles. The number of carbonyl (C=O) groups is 2. The minimum absolute atomic E-state index is 0.176. The second-order valence-corrected chi connectivity index (χ2v) is 4.62. The summed E-state index contributed by atoms with van der Waals surface area (Å²) >= 11 is 5.28. The van der Waals surface area contributed by atoms with E-state index in [0.717, 1.165) is 12.3 Å². The van der Waals surface area contributed by atoms with Crippen molar-refractivity contribution in [3.8, 4) is 0 Å². The lowest BCUT2D eigenvalue weighted by Gasteiger charge is -2.22. The number of imide groups is 1. The Bertz CT molecular complexity index is 283. The van der Waals surface area contributed by atoms with E-state index in [-0.39, 0.29) is 11.9 Å². The van der Waals surface area contributed by atoms with Crippen LogP contribution in [0.1, 0.15) is 25.7 Å². The molecule has 3 atom stereocenters. The first-order valence-electron chi connectivity index (χ1n) is 5.37. The van der Waals surface area contributed by atoms with Gasteiger partial charge in [-0.25, -0.2) is 4.79 Å². The lowest BCUT2D eigenvalue weighted by Crippen LogP contribution is -2.46. The van der Waals surface area contributed by atoms with E-state index in [1.807, 2.05) is 0 Å². The Balaban J connectivity index is 1.76. The molecular weight excluding hydrogens is 216 g/mol. The first-order chi connectivity index (χ1) is 7.20. The summed E-state index contributed by atoms with van der Waals surface area (Å²) in [4.78, 5) is 22.2. The molecule has 3 amide bonds. The summed E-state index contributed by atoms with van der Waals surface area (Å²) in [6, 6.07) is -0.148. The van der Waals surface area contributed by atoms with E-state index in [4.69, 9.17) is 11.6 Å². The molecule has 0 aromatic carbocycles. The summed E-state index contributed by atoms with van der Waals surface area (Å²) in [6.07, 6.45) is 4.73. The molecule has 0 spiro atoms. The molecule has 4 nitrogen and oxygen atoms in total. The number of halogens is 1. The highest BCUT2D eigenvalue weighted by Crippen LogP contribution is 2.49. The van der Waals surface area contributed by atoms with Gasteiger partial charge in [0.2, 0.25) is 5.91 Å². The zero-order valence-corrected chi connectivity index (χ0v) is 9.22. The van der Waals surface area contributed by atoms with Crippen LogP contribution in [-0.4, -0.2) is 23.9 Å². The molecule has 0 aliphatic heterocycles. The zero-order chi connectivity index (χ0) is 10.8. The molecule has 2 saturated carbocycles. The molecule has 15 heavy (non-hydrogen) atoms. The van der Waals surface area contributed by atoms with Crippen LogP contribution >= 0.6 is 11.6 Å². The zero-order valence-electron chi connectivity index (χ0n) is 8.46. The first-order valence-corrected chi connectivity index (χ1v) is 5.90. The standard InChI is InChI=1S/C10H15ClN2O2/c11-5-9(14)13-10(15)12-8-3-1-2-6-4-7(6)8/h6-8H,1-5H2,(H2,12,13,14,15). The third-order valence-corrected chi connectivity index (χ3v) is 3.52. The SMILES string of the molecule is O=C(CCl)NC(=O)NC1CCCC2CC21. The third kappa shape index (κ3) is 2.62. The van der Waals surface area contributed by atoms with Gasteiger partial charge in [0.15, 0.2) is 0 Å². The number of rotatable bonds is 2. The molecule has 84 valence electrons. The Labute approximate surface area is 93.7 Å². The molecule has 2 rings (SSSR count). The molecule has 0 heterocycles. The van der Waals surface area contributed by atoms with Crippen LogP contribution in [0, 0.1) is 11.8 Å². The molecule has 2 N–H and O–H groups in total. The van der Waals surface area contributed by atoms with Gasteiger partial charge in [0.05, 0.1) is 0 Å². The second-order valence-electron chi connectivity index (χ2n) is 4.35. The van der Waals surface area contributed by atoms with Crippen LogP contribution in [0.15, 0.2) is 0 Å². The van der Waals surface area contributed by atoms with Crippen molar-refractivity contribution in [2.45, 2.75) is 31.7 Å². The van der Waals surface area contributed by atoms with Crippen molar-refractivity contribution in [3.63, 3.8) is 0 Å². The smallest absolute Gasteiger partial charge is 0.321 e. The molecule has 0 aromatic rings. The van der Waals surface area contributed by atoms with Gasteiger partial charge in [-0.05, 0) is 24.7 Å². The minimum Gasteiger partial charge on any atom is -0.335 e. The number of hydrogen-bond donors (Lipinski definition) is 2. The Morgan fingerprint density at radius 1 is 1.33 bits per heavy atom. The number of fused-ring (bicyclic) bond motifs is 1. The average Bonchev–Trinajstić information content (AvgIpc) is 2.97. The fraction of sp³-hybridized carbons (Fsp3) is 0.800. The van der Waals surface area contributed by atoms with Crippen LogP contribution in [0.25, 0.3) is 0 Å². The van der Waals surface area contributed by atoms with E-state index in [9.17, 15) is 9.59 Å². The Morgan fingerprint density at radius 3 is 2.87 bits per heavy atom. The van der Waals surface area contributed by atoms with Gasteiger partial charge in [-0.2, -0.15) is 0 Å². The lowest BCUT2D eigenvalue weighted by molar-refractivity contribution is -0.117. The predicted molar refractivity (Wildman–Crippen MR) is 56.6 cm³/mol. The molecule has 2 fully saturated rings. The summed E-state index contributed by atoms with van der Waals surface area (Å²) in [5.41, 5.74) is 0. The quantitative estimate of drug-likeness (QED) is 0.702.